The largest absolute Gasteiger partial charge is 0.355 e. The number of rotatable bonds is 8. The molecule has 0 bridgehead atoms. The average Bonchev–Trinajstić information content (AvgIpc) is 2.45. The van der Waals surface area contributed by atoms with Crippen molar-refractivity contribution in [2.45, 2.75) is 31.6 Å². The minimum Gasteiger partial charge on any atom is -0.355 e. The molecule has 1 rings (SSSR count). The molecule has 1 N–H and O–H groups in total. The van der Waals surface area contributed by atoms with E-state index in [0.717, 1.165) is 17.1 Å². The van der Waals surface area contributed by atoms with Gasteiger partial charge in [-0.2, -0.15) is 4.31 Å². The Morgan fingerprint density at radius 3 is 2.38 bits per heavy atom. The zero-order valence-electron chi connectivity index (χ0n) is 12.3. The first-order valence-electron chi connectivity index (χ1n) is 6.94. The molecule has 21 heavy (non-hydrogen) atoms. The normalized spacial score (nSPS) is 11.6. The third kappa shape index (κ3) is 5.30. The number of unbranched alkanes of at least 4 members (excludes halogenated alkanes) is 1. The number of halogens is 1. The molecule has 0 atom stereocenters. The van der Waals surface area contributed by atoms with Crippen LogP contribution in [-0.2, 0) is 14.8 Å². The molecule has 1 aromatic carbocycles. The highest BCUT2D eigenvalue weighted by atomic mass is 35.5. The zero-order chi connectivity index (χ0) is 15.9. The lowest BCUT2D eigenvalue weighted by atomic mass is 10.3. The van der Waals surface area contributed by atoms with Crippen LogP contribution >= 0.6 is 11.6 Å². The Balaban J connectivity index is 2.78. The molecule has 118 valence electrons. The number of nitrogens with zero attached hydrogens (tertiary/aromatic N) is 1. The molecule has 0 spiro atoms. The first-order valence-corrected chi connectivity index (χ1v) is 8.76. The zero-order valence-corrected chi connectivity index (χ0v) is 13.9. The van der Waals surface area contributed by atoms with Crippen LogP contribution in [0, 0.1) is 0 Å². The number of amides is 1. The predicted molar refractivity (Wildman–Crippen MR) is 83.8 cm³/mol. The van der Waals surface area contributed by atoms with Gasteiger partial charge in [-0.1, -0.05) is 31.9 Å². The molecule has 0 aliphatic heterocycles. The fourth-order valence-corrected chi connectivity index (χ4v) is 3.27. The highest BCUT2D eigenvalue weighted by Gasteiger charge is 2.24. The van der Waals surface area contributed by atoms with Crippen LogP contribution in [0.1, 0.15) is 26.7 Å². The molecule has 0 aromatic heterocycles. The summed E-state index contributed by atoms with van der Waals surface area (Å²) in [5.41, 5.74) is 0. The summed E-state index contributed by atoms with van der Waals surface area (Å²) in [4.78, 5) is 11.9. The van der Waals surface area contributed by atoms with Crippen LogP contribution in [0.25, 0.3) is 0 Å². The Bertz CT molecular complexity index is 558. The standard InChI is InChI=1S/C14H21ClN2O3S/c1-3-5-10-16-14(18)11-17(4-2)21(19,20)13-8-6-12(15)7-9-13/h6-9H,3-5,10-11H2,1-2H3,(H,16,18). The van der Waals surface area contributed by atoms with Crippen LogP contribution in [0.2, 0.25) is 5.02 Å². The van der Waals surface area contributed by atoms with Crippen molar-refractivity contribution in [3.63, 3.8) is 0 Å². The van der Waals surface area contributed by atoms with E-state index in [4.69, 9.17) is 11.6 Å². The molecule has 0 saturated carbocycles. The molecule has 7 heteroatoms. The minimum absolute atomic E-state index is 0.134. The van der Waals surface area contributed by atoms with E-state index in [1.807, 2.05) is 6.92 Å². The van der Waals surface area contributed by atoms with Crippen LogP contribution in [-0.4, -0.2) is 38.3 Å². The number of carbonyl (C=O) groups excluding carboxylic acids is 1. The van der Waals surface area contributed by atoms with Gasteiger partial charge in [0.1, 0.15) is 0 Å². The van der Waals surface area contributed by atoms with Crippen molar-refractivity contribution in [1.29, 1.82) is 0 Å². The van der Waals surface area contributed by atoms with Gasteiger partial charge >= 0.3 is 0 Å². The maximum Gasteiger partial charge on any atom is 0.243 e. The van der Waals surface area contributed by atoms with Crippen molar-refractivity contribution in [2.75, 3.05) is 19.6 Å². The Kier molecular flexibility index (Phi) is 7.14. The summed E-state index contributed by atoms with van der Waals surface area (Å²) in [5.74, 6) is -0.289. The quantitative estimate of drug-likeness (QED) is 0.743. The van der Waals surface area contributed by atoms with E-state index in [0.29, 0.717) is 11.6 Å². The van der Waals surface area contributed by atoms with E-state index in [1.54, 1.807) is 6.92 Å². The van der Waals surface area contributed by atoms with E-state index >= 15 is 0 Å². The van der Waals surface area contributed by atoms with E-state index in [-0.39, 0.29) is 23.9 Å². The number of carbonyl (C=O) groups is 1. The van der Waals surface area contributed by atoms with Crippen molar-refractivity contribution in [1.82, 2.24) is 9.62 Å². The first-order chi connectivity index (χ1) is 9.91. The monoisotopic (exact) mass is 332 g/mol. The summed E-state index contributed by atoms with van der Waals surface area (Å²) in [5, 5.41) is 3.18. The summed E-state index contributed by atoms with van der Waals surface area (Å²) in [6.45, 7) is 4.34. The number of hydrogen-bond donors (Lipinski definition) is 1. The molecular formula is C14H21ClN2O3S. The number of nitrogens with one attached hydrogen (secondary N) is 1. The maximum atomic E-state index is 12.4. The third-order valence-corrected chi connectivity index (χ3v) is 5.16. The lowest BCUT2D eigenvalue weighted by molar-refractivity contribution is -0.121. The molecule has 1 amide bonds. The van der Waals surface area contributed by atoms with Crippen LogP contribution in [0.15, 0.2) is 29.2 Å². The van der Waals surface area contributed by atoms with Crippen LogP contribution in [0.3, 0.4) is 0 Å². The van der Waals surface area contributed by atoms with Gasteiger partial charge in [0.25, 0.3) is 0 Å². The lowest BCUT2D eigenvalue weighted by Crippen LogP contribution is -2.40. The van der Waals surface area contributed by atoms with E-state index in [1.165, 1.54) is 24.3 Å². The Labute approximate surface area is 131 Å². The van der Waals surface area contributed by atoms with Crippen molar-refractivity contribution in [2.24, 2.45) is 0 Å². The number of hydrogen-bond acceptors (Lipinski definition) is 3. The highest BCUT2D eigenvalue weighted by molar-refractivity contribution is 7.89. The van der Waals surface area contributed by atoms with Gasteiger partial charge in [0, 0.05) is 18.1 Å². The van der Waals surface area contributed by atoms with Crippen molar-refractivity contribution in [3.8, 4) is 0 Å². The molecular weight excluding hydrogens is 312 g/mol. The molecule has 0 saturated heterocycles. The van der Waals surface area contributed by atoms with Crippen LogP contribution in [0.4, 0.5) is 0 Å². The van der Waals surface area contributed by atoms with Gasteiger partial charge in [0.05, 0.1) is 11.4 Å². The van der Waals surface area contributed by atoms with Crippen molar-refractivity contribution in [3.05, 3.63) is 29.3 Å². The fourth-order valence-electron chi connectivity index (χ4n) is 1.74. The highest BCUT2D eigenvalue weighted by Crippen LogP contribution is 2.18. The summed E-state index contributed by atoms with van der Waals surface area (Å²) in [6, 6.07) is 5.91. The van der Waals surface area contributed by atoms with Gasteiger partial charge in [0.2, 0.25) is 15.9 Å². The second-order valence-corrected chi connectivity index (χ2v) is 6.96. The second-order valence-electron chi connectivity index (χ2n) is 4.59. The predicted octanol–water partition coefficient (Wildman–Crippen LogP) is 2.27. The van der Waals surface area contributed by atoms with Crippen molar-refractivity contribution < 1.29 is 13.2 Å². The topological polar surface area (TPSA) is 66.5 Å². The first kappa shape index (κ1) is 17.9. The summed E-state index contributed by atoms with van der Waals surface area (Å²) in [7, 11) is -3.68. The van der Waals surface area contributed by atoms with E-state index < -0.39 is 10.0 Å². The van der Waals surface area contributed by atoms with Gasteiger partial charge in [0.15, 0.2) is 0 Å². The van der Waals surface area contributed by atoms with Gasteiger partial charge in [-0.05, 0) is 30.7 Å². The number of likely N-dealkylation sites (N-methyl/N-ethyl adjacent to an activating group) is 1. The SMILES string of the molecule is CCCCNC(=O)CN(CC)S(=O)(=O)c1ccc(Cl)cc1. The van der Waals surface area contributed by atoms with Gasteiger partial charge in [-0.15, -0.1) is 0 Å². The van der Waals surface area contributed by atoms with Crippen molar-refractivity contribution >= 4 is 27.5 Å². The number of sulfonamides is 1. The molecule has 0 heterocycles. The second kappa shape index (κ2) is 8.36. The molecule has 0 aliphatic rings. The van der Waals surface area contributed by atoms with E-state index in [9.17, 15) is 13.2 Å². The maximum absolute atomic E-state index is 12.4. The smallest absolute Gasteiger partial charge is 0.243 e. The average molecular weight is 333 g/mol. The minimum atomic E-state index is -3.68. The van der Waals surface area contributed by atoms with Gasteiger partial charge < -0.3 is 5.32 Å². The molecule has 0 aliphatic carbocycles. The lowest BCUT2D eigenvalue weighted by Gasteiger charge is -2.20. The van der Waals surface area contributed by atoms with Crippen LogP contribution < -0.4 is 5.32 Å². The summed E-state index contributed by atoms with van der Waals surface area (Å²) < 4.78 is 26.0. The summed E-state index contributed by atoms with van der Waals surface area (Å²) in [6.07, 6.45) is 1.85. The van der Waals surface area contributed by atoms with Crippen LogP contribution in [0.5, 0.6) is 0 Å². The number of benzene rings is 1. The molecule has 0 fully saturated rings. The Morgan fingerprint density at radius 2 is 1.86 bits per heavy atom. The third-order valence-electron chi connectivity index (χ3n) is 2.98. The molecule has 0 radical (unpaired) electrons. The van der Waals surface area contributed by atoms with Gasteiger partial charge in [-0.25, -0.2) is 8.42 Å². The molecule has 5 nitrogen and oxygen atoms in total. The fraction of sp³-hybridized carbons (Fsp3) is 0.500. The Hall–Kier alpha value is -1.11. The Morgan fingerprint density at radius 1 is 1.24 bits per heavy atom. The van der Waals surface area contributed by atoms with Gasteiger partial charge in [-0.3, -0.25) is 4.79 Å². The van der Waals surface area contributed by atoms with E-state index in [2.05, 4.69) is 5.32 Å². The molecule has 1 aromatic rings. The molecule has 0 unspecified atom stereocenters. The summed E-state index contributed by atoms with van der Waals surface area (Å²) >= 11 is 5.76.